The summed E-state index contributed by atoms with van der Waals surface area (Å²) in [6.45, 7) is 1.55. The number of nitrogens with zero attached hydrogens (tertiary/aromatic N) is 1. The number of halogens is 2. The Morgan fingerprint density at radius 2 is 1.88 bits per heavy atom. The minimum Gasteiger partial charge on any atom is -0.477 e. The van der Waals surface area contributed by atoms with Crippen molar-refractivity contribution < 1.29 is 19.8 Å². The lowest BCUT2D eigenvalue weighted by Crippen LogP contribution is -2.27. The zero-order valence-electron chi connectivity index (χ0n) is 16.8. The van der Waals surface area contributed by atoms with Crippen LogP contribution in [0.5, 0.6) is 0 Å². The van der Waals surface area contributed by atoms with Crippen LogP contribution in [-0.4, -0.2) is 33.2 Å². The van der Waals surface area contributed by atoms with Crippen LogP contribution in [0.25, 0.3) is 5.69 Å². The molecule has 8 nitrogen and oxygen atoms in total. The maximum Gasteiger partial charge on any atom is 0.343 e. The van der Waals surface area contributed by atoms with Gasteiger partial charge in [0.15, 0.2) is 0 Å². The molecule has 32 heavy (non-hydrogen) atoms. The molecule has 0 saturated carbocycles. The number of carbonyl (C=O) groups is 2. The smallest absolute Gasteiger partial charge is 0.343 e. The first-order valence-corrected chi connectivity index (χ1v) is 10.1. The van der Waals surface area contributed by atoms with E-state index in [0.29, 0.717) is 16.1 Å². The van der Waals surface area contributed by atoms with Crippen LogP contribution < -0.4 is 16.6 Å². The van der Waals surface area contributed by atoms with Gasteiger partial charge in [0.2, 0.25) is 5.91 Å². The first kappa shape index (κ1) is 23.3. The summed E-state index contributed by atoms with van der Waals surface area (Å²) in [5, 5.41) is 23.3. The molecule has 0 aliphatic rings. The SMILES string of the molecule is Cc1cc(-n2ccc(NC[C@H](O)c3cccc(Cl)c3)c(C(=O)O)c2=O)cc(Cl)c1C(N)=O. The molecule has 2 aromatic carbocycles. The van der Waals surface area contributed by atoms with Crippen LogP contribution in [0.15, 0.2) is 53.5 Å². The van der Waals surface area contributed by atoms with E-state index in [1.165, 1.54) is 24.4 Å². The molecule has 3 aromatic rings. The van der Waals surface area contributed by atoms with Gasteiger partial charge in [-0.1, -0.05) is 35.3 Å². The molecule has 1 amide bonds. The Morgan fingerprint density at radius 3 is 2.47 bits per heavy atom. The van der Waals surface area contributed by atoms with Gasteiger partial charge in [0, 0.05) is 17.8 Å². The number of aromatic carboxylic acids is 1. The molecular weight excluding hydrogens is 457 g/mol. The third-order valence-corrected chi connectivity index (χ3v) is 5.36. The fourth-order valence-corrected chi connectivity index (χ4v) is 3.86. The molecule has 1 heterocycles. The van der Waals surface area contributed by atoms with Gasteiger partial charge in [-0.15, -0.1) is 0 Å². The summed E-state index contributed by atoms with van der Waals surface area (Å²) >= 11 is 12.1. The number of rotatable bonds is 7. The summed E-state index contributed by atoms with van der Waals surface area (Å²) < 4.78 is 1.10. The Kier molecular flexibility index (Phi) is 6.88. The summed E-state index contributed by atoms with van der Waals surface area (Å²) in [7, 11) is 0. The first-order valence-electron chi connectivity index (χ1n) is 9.36. The molecule has 0 aliphatic heterocycles. The Bertz CT molecular complexity index is 1250. The highest BCUT2D eigenvalue weighted by Gasteiger charge is 2.20. The number of anilines is 1. The number of aliphatic hydroxyl groups excluding tert-OH is 1. The molecule has 0 spiro atoms. The van der Waals surface area contributed by atoms with Crippen LogP contribution in [0.4, 0.5) is 5.69 Å². The number of nitrogens with one attached hydrogen (secondary N) is 1. The standard InChI is InChI=1S/C22H19Cl2N3O5/c1-11-7-14(9-15(24)18(11)20(25)29)27-6-5-16(19(21(27)30)22(31)32)26-10-17(28)12-3-2-4-13(23)8-12/h2-9,17,26,28H,10H2,1H3,(H2,25,29)(H,31,32)/t17-/m0/s1. The molecule has 10 heteroatoms. The number of benzene rings is 2. The zero-order valence-corrected chi connectivity index (χ0v) is 18.3. The number of hydrogen-bond donors (Lipinski definition) is 4. The number of nitrogens with two attached hydrogens (primary N) is 1. The Labute approximate surface area is 192 Å². The Morgan fingerprint density at radius 1 is 1.16 bits per heavy atom. The predicted molar refractivity (Wildman–Crippen MR) is 122 cm³/mol. The van der Waals surface area contributed by atoms with E-state index in [-0.39, 0.29) is 28.5 Å². The fraction of sp³-hybridized carbons (Fsp3) is 0.136. The Balaban J connectivity index is 1.97. The van der Waals surface area contributed by atoms with Crippen molar-refractivity contribution in [2.24, 2.45) is 5.73 Å². The zero-order chi connectivity index (χ0) is 23.6. The molecule has 3 rings (SSSR count). The maximum atomic E-state index is 13.0. The molecule has 0 unspecified atom stereocenters. The van der Waals surface area contributed by atoms with Gasteiger partial charge < -0.3 is 21.3 Å². The number of carbonyl (C=O) groups excluding carboxylic acids is 1. The van der Waals surface area contributed by atoms with E-state index < -0.39 is 29.1 Å². The second-order valence-electron chi connectivity index (χ2n) is 7.02. The largest absolute Gasteiger partial charge is 0.477 e. The second kappa shape index (κ2) is 9.44. The fourth-order valence-electron chi connectivity index (χ4n) is 3.31. The van der Waals surface area contributed by atoms with E-state index in [1.54, 1.807) is 31.2 Å². The van der Waals surface area contributed by atoms with Crippen molar-refractivity contribution in [2.45, 2.75) is 13.0 Å². The van der Waals surface area contributed by atoms with Gasteiger partial charge in [-0.3, -0.25) is 14.2 Å². The lowest BCUT2D eigenvalue weighted by Gasteiger charge is -2.16. The van der Waals surface area contributed by atoms with Crippen LogP contribution in [0, 0.1) is 6.92 Å². The van der Waals surface area contributed by atoms with Crippen molar-refractivity contribution in [3.05, 3.63) is 91.3 Å². The number of amides is 1. The molecular formula is C22H19Cl2N3O5. The molecule has 0 aliphatic carbocycles. The monoisotopic (exact) mass is 475 g/mol. The van der Waals surface area contributed by atoms with E-state index in [1.807, 2.05) is 0 Å². The Hall–Kier alpha value is -3.33. The minimum atomic E-state index is -1.44. The van der Waals surface area contributed by atoms with Crippen molar-refractivity contribution in [1.82, 2.24) is 4.57 Å². The van der Waals surface area contributed by atoms with E-state index in [4.69, 9.17) is 28.9 Å². The number of aromatic nitrogens is 1. The maximum absolute atomic E-state index is 13.0. The van der Waals surface area contributed by atoms with Crippen LogP contribution in [0.1, 0.15) is 37.9 Å². The lowest BCUT2D eigenvalue weighted by molar-refractivity contribution is 0.0695. The van der Waals surface area contributed by atoms with Crippen molar-refractivity contribution in [3.8, 4) is 5.69 Å². The van der Waals surface area contributed by atoms with E-state index in [9.17, 15) is 24.6 Å². The highest BCUT2D eigenvalue weighted by Crippen LogP contribution is 2.25. The summed E-state index contributed by atoms with van der Waals surface area (Å²) in [5.41, 5.74) is 5.40. The first-order chi connectivity index (χ1) is 15.1. The van der Waals surface area contributed by atoms with E-state index >= 15 is 0 Å². The van der Waals surface area contributed by atoms with Crippen molar-refractivity contribution >= 4 is 40.8 Å². The quantitative estimate of drug-likeness (QED) is 0.413. The molecule has 1 aromatic heterocycles. The summed E-state index contributed by atoms with van der Waals surface area (Å²) in [6, 6.07) is 10.9. The highest BCUT2D eigenvalue weighted by molar-refractivity contribution is 6.34. The number of carboxylic acids is 1. The number of carboxylic acid groups (broad SMARTS) is 1. The topological polar surface area (TPSA) is 135 Å². The van der Waals surface area contributed by atoms with Gasteiger partial charge in [0.1, 0.15) is 5.56 Å². The number of primary amides is 1. The van der Waals surface area contributed by atoms with Crippen LogP contribution in [-0.2, 0) is 0 Å². The molecule has 5 N–H and O–H groups in total. The lowest BCUT2D eigenvalue weighted by atomic mass is 10.1. The summed E-state index contributed by atoms with van der Waals surface area (Å²) in [6.07, 6.45) is 0.387. The normalized spacial score (nSPS) is 11.8. The highest BCUT2D eigenvalue weighted by atomic mass is 35.5. The number of aryl methyl sites for hydroxylation is 1. The molecule has 1 atom stereocenters. The van der Waals surface area contributed by atoms with Crippen molar-refractivity contribution in [2.75, 3.05) is 11.9 Å². The third kappa shape index (κ3) is 4.77. The second-order valence-corrected chi connectivity index (χ2v) is 7.86. The molecule has 0 radical (unpaired) electrons. The van der Waals surface area contributed by atoms with Gasteiger partial charge in [-0.2, -0.15) is 0 Å². The average Bonchev–Trinajstić information content (AvgIpc) is 2.70. The predicted octanol–water partition coefficient (Wildman–Crippen LogP) is 3.40. The van der Waals surface area contributed by atoms with Crippen molar-refractivity contribution in [3.63, 3.8) is 0 Å². The van der Waals surface area contributed by atoms with Gasteiger partial charge in [-0.25, -0.2) is 4.79 Å². The molecule has 0 fully saturated rings. The van der Waals surface area contributed by atoms with Crippen LogP contribution in [0.3, 0.4) is 0 Å². The molecule has 0 saturated heterocycles. The molecule has 0 bridgehead atoms. The number of hydrogen-bond acceptors (Lipinski definition) is 5. The molecule has 166 valence electrons. The average molecular weight is 476 g/mol. The summed E-state index contributed by atoms with van der Waals surface area (Å²) in [4.78, 5) is 36.4. The van der Waals surface area contributed by atoms with Crippen LogP contribution in [0.2, 0.25) is 10.0 Å². The van der Waals surface area contributed by atoms with Gasteiger partial charge in [0.05, 0.1) is 28.1 Å². The number of aliphatic hydroxyl groups is 1. The van der Waals surface area contributed by atoms with E-state index in [0.717, 1.165) is 4.57 Å². The minimum absolute atomic E-state index is 0.0383. The van der Waals surface area contributed by atoms with Gasteiger partial charge in [0.25, 0.3) is 5.56 Å². The summed E-state index contributed by atoms with van der Waals surface area (Å²) in [5.74, 6) is -2.16. The van der Waals surface area contributed by atoms with Gasteiger partial charge in [-0.05, 0) is 48.4 Å². The van der Waals surface area contributed by atoms with Crippen molar-refractivity contribution in [1.29, 1.82) is 0 Å². The van der Waals surface area contributed by atoms with Gasteiger partial charge >= 0.3 is 5.97 Å². The number of pyridine rings is 1. The van der Waals surface area contributed by atoms with Crippen LogP contribution >= 0.6 is 23.2 Å². The van der Waals surface area contributed by atoms with E-state index in [2.05, 4.69) is 5.32 Å². The third-order valence-electron chi connectivity index (χ3n) is 4.82.